The molecule has 0 bridgehead atoms. The van der Waals surface area contributed by atoms with Gasteiger partial charge in [0.05, 0.1) is 27.6 Å². The Morgan fingerprint density at radius 2 is 1.23 bits per heavy atom. The second-order valence-electron chi connectivity index (χ2n) is 10.8. The molecule has 1 aliphatic heterocycles. The summed E-state index contributed by atoms with van der Waals surface area (Å²) in [6.45, 7) is 5.32. The fourth-order valence-corrected chi connectivity index (χ4v) is 5.16. The van der Waals surface area contributed by atoms with Crippen molar-refractivity contribution in [2.45, 2.75) is 18.2 Å². The van der Waals surface area contributed by atoms with Crippen LogP contribution in [-0.2, 0) is 16.5 Å². The fraction of sp³-hybridized carbons (Fsp3) is 0.182. The first kappa shape index (κ1) is 31.5. The Morgan fingerprint density at radius 1 is 0.723 bits per heavy atom. The van der Waals surface area contributed by atoms with Crippen molar-refractivity contribution in [3.8, 4) is 0 Å². The van der Waals surface area contributed by atoms with Crippen LogP contribution in [0.15, 0.2) is 122 Å². The fourth-order valence-electron chi connectivity index (χ4n) is 4.68. The van der Waals surface area contributed by atoms with Gasteiger partial charge in [0, 0.05) is 38.3 Å². The van der Waals surface area contributed by atoms with Crippen LogP contribution < -0.4 is 15.5 Å². The largest absolute Gasteiger partial charge is 0.338 e. The summed E-state index contributed by atoms with van der Waals surface area (Å²) in [5.41, 5.74) is 5.56. The first-order valence-electron chi connectivity index (χ1n) is 14.9. The summed E-state index contributed by atoms with van der Waals surface area (Å²) in [4.78, 5) is 16.2. The number of benzene rings is 4. The van der Waals surface area contributed by atoms with Gasteiger partial charge < -0.3 is 15.5 Å². The SMILES string of the molecule is Cc1ccc(N=Nc2ccc(Cc3nc(Nc4ccc(N=Nc5ccc(S(=O)(=O)O)cc5)cc4)nc(N4CCNCC4)n3)cc2)cc1. The summed E-state index contributed by atoms with van der Waals surface area (Å²) in [6.07, 6.45) is 0.510. The third-order valence-corrected chi connectivity index (χ3v) is 8.09. The van der Waals surface area contributed by atoms with Crippen molar-refractivity contribution >= 4 is 50.5 Å². The highest BCUT2D eigenvalue weighted by Crippen LogP contribution is 2.24. The van der Waals surface area contributed by atoms with Crippen molar-refractivity contribution in [2.75, 3.05) is 36.4 Å². The highest BCUT2D eigenvalue weighted by atomic mass is 32.2. The molecule has 3 N–H and O–H groups in total. The van der Waals surface area contributed by atoms with E-state index in [1.807, 2.05) is 67.6 Å². The summed E-state index contributed by atoms with van der Waals surface area (Å²) in [7, 11) is -4.26. The van der Waals surface area contributed by atoms with Gasteiger partial charge in [-0.25, -0.2) is 0 Å². The summed E-state index contributed by atoms with van der Waals surface area (Å²) in [5, 5.41) is 23.7. The van der Waals surface area contributed by atoms with Crippen molar-refractivity contribution in [1.29, 1.82) is 0 Å². The minimum Gasteiger partial charge on any atom is -0.338 e. The van der Waals surface area contributed by atoms with Gasteiger partial charge in [-0.15, -0.1) is 0 Å². The van der Waals surface area contributed by atoms with Crippen LogP contribution in [0.4, 0.5) is 40.3 Å². The maximum Gasteiger partial charge on any atom is 0.294 e. The third-order valence-electron chi connectivity index (χ3n) is 7.22. The number of nitrogens with one attached hydrogen (secondary N) is 2. The van der Waals surface area contributed by atoms with Crippen LogP contribution in [0.3, 0.4) is 0 Å². The van der Waals surface area contributed by atoms with Gasteiger partial charge in [0.15, 0.2) is 0 Å². The van der Waals surface area contributed by atoms with Gasteiger partial charge in [-0.05, 0) is 85.3 Å². The number of hydrogen-bond acceptors (Lipinski definition) is 12. The summed E-state index contributed by atoms with van der Waals surface area (Å²) in [6, 6.07) is 28.5. The van der Waals surface area contributed by atoms with Crippen LogP contribution in [-0.4, -0.2) is 54.1 Å². The van der Waals surface area contributed by atoms with Crippen molar-refractivity contribution in [3.05, 3.63) is 114 Å². The molecule has 0 radical (unpaired) electrons. The van der Waals surface area contributed by atoms with Gasteiger partial charge in [-0.3, -0.25) is 4.55 Å². The number of azo groups is 2. The van der Waals surface area contributed by atoms with Crippen LogP contribution in [0, 0.1) is 6.92 Å². The van der Waals surface area contributed by atoms with Crippen molar-refractivity contribution in [1.82, 2.24) is 20.3 Å². The van der Waals surface area contributed by atoms with E-state index >= 15 is 0 Å². The first-order valence-corrected chi connectivity index (χ1v) is 16.4. The molecule has 5 aromatic rings. The predicted octanol–water partition coefficient (Wildman–Crippen LogP) is 7.00. The topological polar surface area (TPSA) is 170 Å². The van der Waals surface area contributed by atoms with Crippen molar-refractivity contribution in [3.63, 3.8) is 0 Å². The molecule has 0 saturated carbocycles. The van der Waals surface area contributed by atoms with Gasteiger partial charge in [0.2, 0.25) is 11.9 Å². The number of hydrogen-bond donors (Lipinski definition) is 3. The number of aromatic nitrogens is 3. The summed E-state index contributed by atoms with van der Waals surface area (Å²) < 4.78 is 31.6. The Bertz CT molecular complexity index is 1980. The van der Waals surface area contributed by atoms with Gasteiger partial charge >= 0.3 is 0 Å². The van der Waals surface area contributed by atoms with Gasteiger partial charge in [0.25, 0.3) is 10.1 Å². The van der Waals surface area contributed by atoms with Crippen LogP contribution in [0.25, 0.3) is 0 Å². The molecular weight excluding hydrogens is 616 g/mol. The lowest BCUT2D eigenvalue weighted by Crippen LogP contribution is -2.44. The summed E-state index contributed by atoms with van der Waals surface area (Å²) >= 11 is 0. The quantitative estimate of drug-likeness (QED) is 0.107. The number of piperazine rings is 1. The van der Waals surface area contributed by atoms with Gasteiger partial charge in [-0.2, -0.15) is 43.8 Å². The smallest absolute Gasteiger partial charge is 0.294 e. The summed E-state index contributed by atoms with van der Waals surface area (Å²) in [5.74, 6) is 1.68. The van der Waals surface area contributed by atoms with E-state index < -0.39 is 10.1 Å². The maximum atomic E-state index is 11.2. The molecule has 2 heterocycles. The number of rotatable bonds is 10. The van der Waals surface area contributed by atoms with Crippen LogP contribution in [0.2, 0.25) is 0 Å². The predicted molar refractivity (Wildman–Crippen MR) is 180 cm³/mol. The first-order chi connectivity index (χ1) is 22.8. The molecule has 1 saturated heterocycles. The standard InChI is InChI=1S/C33H32N10O3S/c1-23-2-6-26(7-3-23)39-40-27-8-4-24(5-9-27)22-31-36-32(38-33(37-31)43-20-18-34-19-21-43)35-25-10-12-28(13-11-25)41-42-29-14-16-30(17-15-29)47(44,45)46/h2-17,34H,18-22H2,1H3,(H,44,45,46)(H,35,36,37,38). The minimum absolute atomic E-state index is 0.205. The molecule has 0 atom stereocenters. The Morgan fingerprint density at radius 3 is 1.79 bits per heavy atom. The lowest BCUT2D eigenvalue weighted by molar-refractivity contribution is 0.483. The molecule has 4 aromatic carbocycles. The highest BCUT2D eigenvalue weighted by Gasteiger charge is 2.17. The molecule has 0 unspecified atom stereocenters. The Hall–Kier alpha value is -5.44. The van der Waals surface area contributed by atoms with Crippen LogP contribution >= 0.6 is 0 Å². The molecule has 1 aliphatic rings. The zero-order valence-corrected chi connectivity index (χ0v) is 26.3. The minimum atomic E-state index is -4.26. The van der Waals surface area contributed by atoms with E-state index in [0.717, 1.165) is 48.8 Å². The Labute approximate surface area is 272 Å². The van der Waals surface area contributed by atoms with Gasteiger partial charge in [-0.1, -0.05) is 29.8 Å². The van der Waals surface area contributed by atoms with Crippen LogP contribution in [0.5, 0.6) is 0 Å². The molecule has 6 rings (SSSR count). The van der Waals surface area contributed by atoms with Crippen LogP contribution in [0.1, 0.15) is 17.0 Å². The average molecular weight is 649 g/mol. The van der Waals surface area contributed by atoms with Crippen molar-refractivity contribution in [2.24, 2.45) is 20.5 Å². The molecule has 0 spiro atoms. The van der Waals surface area contributed by atoms with E-state index in [0.29, 0.717) is 35.5 Å². The second kappa shape index (κ2) is 14.3. The monoisotopic (exact) mass is 648 g/mol. The molecule has 14 heteroatoms. The molecule has 1 aromatic heterocycles. The van der Waals surface area contributed by atoms with E-state index in [4.69, 9.17) is 19.5 Å². The van der Waals surface area contributed by atoms with Crippen molar-refractivity contribution < 1.29 is 13.0 Å². The highest BCUT2D eigenvalue weighted by molar-refractivity contribution is 7.85. The van der Waals surface area contributed by atoms with E-state index in [1.165, 1.54) is 29.8 Å². The average Bonchev–Trinajstić information content (AvgIpc) is 3.08. The lowest BCUT2D eigenvalue weighted by atomic mass is 10.1. The zero-order valence-electron chi connectivity index (χ0n) is 25.5. The van der Waals surface area contributed by atoms with Gasteiger partial charge in [0.1, 0.15) is 5.82 Å². The van der Waals surface area contributed by atoms with E-state index in [9.17, 15) is 8.42 Å². The number of aryl methyl sites for hydroxylation is 1. The number of anilines is 3. The molecular formula is C33H32N10O3S. The molecule has 0 aliphatic carbocycles. The second-order valence-corrected chi connectivity index (χ2v) is 12.3. The molecule has 1 fully saturated rings. The third kappa shape index (κ3) is 8.85. The van der Waals surface area contributed by atoms with E-state index in [2.05, 4.69) is 36.0 Å². The molecule has 13 nitrogen and oxygen atoms in total. The molecule has 238 valence electrons. The maximum absolute atomic E-state index is 11.2. The normalized spacial score (nSPS) is 13.8. The van der Waals surface area contributed by atoms with E-state index in [1.54, 1.807) is 12.1 Å². The molecule has 47 heavy (non-hydrogen) atoms. The Kier molecular flexibility index (Phi) is 9.61. The molecule has 0 amide bonds. The number of nitrogens with zero attached hydrogens (tertiary/aromatic N) is 8. The Balaban J connectivity index is 1.15. The zero-order chi connectivity index (χ0) is 32.6. The van der Waals surface area contributed by atoms with E-state index in [-0.39, 0.29) is 4.90 Å². The lowest BCUT2D eigenvalue weighted by Gasteiger charge is -2.27.